The van der Waals surface area contributed by atoms with Crippen LogP contribution in [0.15, 0.2) is 41.8 Å². The Morgan fingerprint density at radius 2 is 2.18 bits per heavy atom. The highest BCUT2D eigenvalue weighted by Gasteiger charge is 2.05. The van der Waals surface area contributed by atoms with Crippen molar-refractivity contribution >= 4 is 11.8 Å². The maximum atomic E-state index is 8.83. The zero-order chi connectivity index (χ0) is 12.1. The molecule has 0 radical (unpaired) electrons. The fourth-order valence-electron chi connectivity index (χ4n) is 1.66. The molecule has 2 rings (SSSR count). The van der Waals surface area contributed by atoms with Gasteiger partial charge >= 0.3 is 0 Å². The lowest BCUT2D eigenvalue weighted by atomic mass is 10.1. The number of hydrogen-bond acceptors (Lipinski definition) is 3. The van der Waals surface area contributed by atoms with E-state index >= 15 is 0 Å². The second-order valence-corrected chi connectivity index (χ2v) is 4.90. The number of nitrogens with zero attached hydrogens (tertiary/aromatic N) is 2. The highest BCUT2D eigenvalue weighted by molar-refractivity contribution is 7.99. The van der Waals surface area contributed by atoms with Gasteiger partial charge in [0.1, 0.15) is 0 Å². The first-order chi connectivity index (χ1) is 8.31. The van der Waals surface area contributed by atoms with E-state index in [1.54, 1.807) is 18.0 Å². The molecule has 1 aromatic heterocycles. The lowest BCUT2D eigenvalue weighted by Gasteiger charge is -2.09. The first-order valence-corrected chi connectivity index (χ1v) is 6.59. The fourth-order valence-corrected chi connectivity index (χ4v) is 2.36. The fraction of sp³-hybridized carbons (Fsp3) is 0.308. The van der Waals surface area contributed by atoms with Crippen molar-refractivity contribution in [2.75, 3.05) is 12.4 Å². The van der Waals surface area contributed by atoms with Crippen LogP contribution in [0.2, 0.25) is 0 Å². The summed E-state index contributed by atoms with van der Waals surface area (Å²) in [4.78, 5) is 4.29. The SMILES string of the molecule is Cc1ccccc1Cn1ccnc1SCCO. The van der Waals surface area contributed by atoms with Crippen molar-refractivity contribution in [3.8, 4) is 0 Å². The van der Waals surface area contributed by atoms with E-state index in [1.807, 2.05) is 12.3 Å². The Hall–Kier alpha value is -1.26. The number of rotatable bonds is 5. The normalized spacial score (nSPS) is 10.7. The number of hydrogen-bond donors (Lipinski definition) is 1. The summed E-state index contributed by atoms with van der Waals surface area (Å²) in [5.74, 6) is 0.685. The minimum absolute atomic E-state index is 0.182. The van der Waals surface area contributed by atoms with Crippen molar-refractivity contribution in [3.05, 3.63) is 47.8 Å². The molecular weight excluding hydrogens is 232 g/mol. The smallest absolute Gasteiger partial charge is 0.168 e. The third-order valence-electron chi connectivity index (χ3n) is 2.60. The first-order valence-electron chi connectivity index (χ1n) is 5.60. The molecule has 0 aliphatic carbocycles. The molecule has 0 saturated heterocycles. The molecule has 0 bridgehead atoms. The number of imidazole rings is 1. The van der Waals surface area contributed by atoms with E-state index in [1.165, 1.54) is 11.1 Å². The van der Waals surface area contributed by atoms with Gasteiger partial charge in [0, 0.05) is 24.7 Å². The molecule has 4 heteroatoms. The standard InChI is InChI=1S/C13H16N2OS/c1-11-4-2-3-5-12(11)10-15-7-6-14-13(15)17-9-8-16/h2-7,16H,8-10H2,1H3. The third kappa shape index (κ3) is 3.11. The predicted molar refractivity (Wildman–Crippen MR) is 70.3 cm³/mol. The molecule has 17 heavy (non-hydrogen) atoms. The molecule has 0 spiro atoms. The van der Waals surface area contributed by atoms with E-state index in [0.29, 0.717) is 5.75 Å². The second-order valence-electron chi connectivity index (χ2n) is 3.84. The summed E-state index contributed by atoms with van der Waals surface area (Å²) >= 11 is 1.58. The molecule has 1 N–H and O–H groups in total. The number of aliphatic hydroxyl groups is 1. The minimum Gasteiger partial charge on any atom is -0.396 e. The van der Waals surface area contributed by atoms with Crippen molar-refractivity contribution in [1.82, 2.24) is 9.55 Å². The van der Waals surface area contributed by atoms with E-state index in [4.69, 9.17) is 5.11 Å². The van der Waals surface area contributed by atoms with Crippen molar-refractivity contribution in [2.45, 2.75) is 18.6 Å². The second kappa shape index (κ2) is 5.89. The molecule has 0 amide bonds. The number of thioether (sulfide) groups is 1. The number of aliphatic hydroxyl groups excluding tert-OH is 1. The Morgan fingerprint density at radius 1 is 1.35 bits per heavy atom. The van der Waals surface area contributed by atoms with Crippen LogP contribution in [-0.4, -0.2) is 27.0 Å². The van der Waals surface area contributed by atoms with Gasteiger partial charge in [0.15, 0.2) is 5.16 Å². The molecule has 3 nitrogen and oxygen atoms in total. The summed E-state index contributed by atoms with van der Waals surface area (Å²) in [7, 11) is 0. The molecular formula is C13H16N2OS. The van der Waals surface area contributed by atoms with Gasteiger partial charge in [-0.25, -0.2) is 4.98 Å². The quantitative estimate of drug-likeness (QED) is 0.825. The summed E-state index contributed by atoms with van der Waals surface area (Å²) in [6, 6.07) is 8.36. The summed E-state index contributed by atoms with van der Waals surface area (Å²) in [6.45, 7) is 3.13. The van der Waals surface area contributed by atoms with Crippen molar-refractivity contribution < 1.29 is 5.11 Å². The van der Waals surface area contributed by atoms with E-state index in [-0.39, 0.29) is 6.61 Å². The van der Waals surface area contributed by atoms with Crippen LogP contribution in [0.4, 0.5) is 0 Å². The monoisotopic (exact) mass is 248 g/mol. The van der Waals surface area contributed by atoms with Gasteiger partial charge in [0.2, 0.25) is 0 Å². The Kier molecular flexibility index (Phi) is 4.23. The summed E-state index contributed by atoms with van der Waals surface area (Å²) in [5, 5.41) is 9.79. The molecule has 0 aliphatic rings. The highest BCUT2D eigenvalue weighted by atomic mass is 32.2. The maximum absolute atomic E-state index is 8.83. The third-order valence-corrected chi connectivity index (χ3v) is 3.59. The van der Waals surface area contributed by atoms with Gasteiger partial charge in [-0.3, -0.25) is 0 Å². The van der Waals surface area contributed by atoms with Gasteiger partial charge in [0.25, 0.3) is 0 Å². The van der Waals surface area contributed by atoms with Gasteiger partial charge in [-0.1, -0.05) is 36.0 Å². The van der Waals surface area contributed by atoms with E-state index in [9.17, 15) is 0 Å². The highest BCUT2D eigenvalue weighted by Crippen LogP contribution is 2.17. The zero-order valence-electron chi connectivity index (χ0n) is 9.84. The van der Waals surface area contributed by atoms with E-state index < -0.39 is 0 Å². The summed E-state index contributed by atoms with van der Waals surface area (Å²) in [5.41, 5.74) is 2.59. The lowest BCUT2D eigenvalue weighted by Crippen LogP contribution is -2.02. The van der Waals surface area contributed by atoms with Crippen molar-refractivity contribution in [2.24, 2.45) is 0 Å². The van der Waals surface area contributed by atoms with E-state index in [0.717, 1.165) is 11.7 Å². The first kappa shape index (κ1) is 12.2. The molecule has 0 saturated carbocycles. The summed E-state index contributed by atoms with van der Waals surface area (Å²) < 4.78 is 2.11. The topological polar surface area (TPSA) is 38.0 Å². The Balaban J connectivity index is 2.13. The largest absolute Gasteiger partial charge is 0.396 e. The molecule has 0 unspecified atom stereocenters. The van der Waals surface area contributed by atoms with Gasteiger partial charge in [0.05, 0.1) is 6.61 Å². The summed E-state index contributed by atoms with van der Waals surface area (Å²) in [6.07, 6.45) is 3.78. The average Bonchev–Trinajstić information content (AvgIpc) is 2.77. The van der Waals surface area contributed by atoms with E-state index in [2.05, 4.69) is 34.7 Å². The van der Waals surface area contributed by atoms with Crippen LogP contribution in [0.1, 0.15) is 11.1 Å². The molecule has 0 aliphatic heterocycles. The maximum Gasteiger partial charge on any atom is 0.168 e. The van der Waals surface area contributed by atoms with Crippen LogP contribution in [-0.2, 0) is 6.54 Å². The zero-order valence-corrected chi connectivity index (χ0v) is 10.7. The van der Waals surface area contributed by atoms with Gasteiger partial charge in [-0.15, -0.1) is 0 Å². The van der Waals surface area contributed by atoms with Crippen LogP contribution in [0.25, 0.3) is 0 Å². The van der Waals surface area contributed by atoms with Crippen LogP contribution in [0.3, 0.4) is 0 Å². The van der Waals surface area contributed by atoms with Crippen LogP contribution >= 0.6 is 11.8 Å². The average molecular weight is 248 g/mol. The molecule has 1 heterocycles. The van der Waals surface area contributed by atoms with Crippen molar-refractivity contribution in [1.29, 1.82) is 0 Å². The van der Waals surface area contributed by atoms with Gasteiger partial charge < -0.3 is 9.67 Å². The Labute approximate surface area is 106 Å². The van der Waals surface area contributed by atoms with Crippen molar-refractivity contribution in [3.63, 3.8) is 0 Å². The molecule has 90 valence electrons. The van der Waals surface area contributed by atoms with Crippen LogP contribution < -0.4 is 0 Å². The number of aryl methyl sites for hydroxylation is 1. The molecule has 0 fully saturated rings. The Morgan fingerprint density at radius 3 is 2.94 bits per heavy atom. The molecule has 2 aromatic rings. The number of aromatic nitrogens is 2. The minimum atomic E-state index is 0.182. The predicted octanol–water partition coefficient (Wildman–Crippen LogP) is 2.32. The van der Waals surface area contributed by atoms with Gasteiger partial charge in [-0.2, -0.15) is 0 Å². The lowest BCUT2D eigenvalue weighted by molar-refractivity contribution is 0.322. The van der Waals surface area contributed by atoms with Gasteiger partial charge in [-0.05, 0) is 18.1 Å². The Bertz CT molecular complexity index is 482. The van der Waals surface area contributed by atoms with Crippen LogP contribution in [0, 0.1) is 6.92 Å². The number of benzene rings is 1. The van der Waals surface area contributed by atoms with Crippen LogP contribution in [0.5, 0.6) is 0 Å². The molecule has 0 atom stereocenters. The molecule has 1 aromatic carbocycles.